The van der Waals surface area contributed by atoms with Gasteiger partial charge in [-0.15, -0.1) is 0 Å². The standard InChI is InChI=1S/C22H26O5/c1-15(17-10-9-16-6-2-3-7-18(16)17)14-27-13-12-22(21(25)26)11-5-4-8-19(22)20(23)24/h2-3,6-7,9-10,14,17,19H,4-5,8,11-13H2,1H3,(H,23,24)(H,25,26). The van der Waals surface area contributed by atoms with Crippen LogP contribution in [0, 0.1) is 11.3 Å². The Bertz CT molecular complexity index is 779. The van der Waals surface area contributed by atoms with E-state index in [-0.39, 0.29) is 18.9 Å². The maximum absolute atomic E-state index is 11.9. The van der Waals surface area contributed by atoms with Crippen molar-refractivity contribution < 1.29 is 24.5 Å². The highest BCUT2D eigenvalue weighted by atomic mass is 16.5. The van der Waals surface area contributed by atoms with Gasteiger partial charge in [-0.2, -0.15) is 0 Å². The third kappa shape index (κ3) is 3.77. The molecule has 0 saturated heterocycles. The maximum Gasteiger partial charge on any atom is 0.310 e. The van der Waals surface area contributed by atoms with Gasteiger partial charge in [-0.05, 0) is 42.9 Å². The van der Waals surface area contributed by atoms with Crippen molar-refractivity contribution in [3.05, 3.63) is 53.3 Å². The number of hydrogen-bond acceptors (Lipinski definition) is 3. The van der Waals surface area contributed by atoms with E-state index in [1.54, 1.807) is 6.26 Å². The highest BCUT2D eigenvalue weighted by Gasteiger charge is 2.50. The average molecular weight is 370 g/mol. The molecule has 5 heteroatoms. The fraction of sp³-hybridized carbons (Fsp3) is 0.455. The van der Waals surface area contributed by atoms with Crippen LogP contribution in [-0.4, -0.2) is 28.8 Å². The van der Waals surface area contributed by atoms with Crippen LogP contribution in [0.2, 0.25) is 0 Å². The van der Waals surface area contributed by atoms with Crippen molar-refractivity contribution in [3.8, 4) is 0 Å². The van der Waals surface area contributed by atoms with Crippen LogP contribution in [-0.2, 0) is 14.3 Å². The fourth-order valence-electron chi connectivity index (χ4n) is 4.41. The maximum atomic E-state index is 11.9. The van der Waals surface area contributed by atoms with Crippen LogP contribution in [0.4, 0.5) is 0 Å². The average Bonchev–Trinajstić information content (AvgIpc) is 3.09. The molecule has 1 fully saturated rings. The predicted molar refractivity (Wildman–Crippen MR) is 102 cm³/mol. The molecule has 0 spiro atoms. The number of rotatable bonds is 7. The minimum atomic E-state index is -1.23. The van der Waals surface area contributed by atoms with E-state index in [0.717, 1.165) is 18.4 Å². The predicted octanol–water partition coefficient (Wildman–Crippen LogP) is 4.45. The van der Waals surface area contributed by atoms with Crippen LogP contribution in [0.3, 0.4) is 0 Å². The van der Waals surface area contributed by atoms with E-state index >= 15 is 0 Å². The smallest absolute Gasteiger partial charge is 0.310 e. The molecule has 2 aliphatic rings. The number of carboxylic acid groups (broad SMARTS) is 2. The summed E-state index contributed by atoms with van der Waals surface area (Å²) in [5.41, 5.74) is 2.24. The van der Waals surface area contributed by atoms with E-state index in [1.165, 1.54) is 11.1 Å². The van der Waals surface area contributed by atoms with Crippen LogP contribution in [0.15, 0.2) is 42.2 Å². The van der Waals surface area contributed by atoms with Crippen molar-refractivity contribution in [1.29, 1.82) is 0 Å². The largest absolute Gasteiger partial charge is 0.501 e. The Labute approximate surface area is 159 Å². The zero-order valence-corrected chi connectivity index (χ0v) is 15.6. The highest BCUT2D eigenvalue weighted by Crippen LogP contribution is 2.44. The molecule has 0 radical (unpaired) electrons. The number of carboxylic acids is 2. The Hall–Kier alpha value is -2.56. The summed E-state index contributed by atoms with van der Waals surface area (Å²) in [4.78, 5) is 23.5. The third-order valence-corrected chi connectivity index (χ3v) is 5.98. The molecule has 1 aromatic rings. The molecule has 1 saturated carbocycles. The molecule has 0 amide bonds. The molecular weight excluding hydrogens is 344 g/mol. The van der Waals surface area contributed by atoms with Gasteiger partial charge >= 0.3 is 11.9 Å². The summed E-state index contributed by atoms with van der Waals surface area (Å²) in [6.07, 6.45) is 8.43. The van der Waals surface area contributed by atoms with Gasteiger partial charge in [-0.3, -0.25) is 9.59 Å². The zero-order chi connectivity index (χ0) is 19.4. The van der Waals surface area contributed by atoms with Gasteiger partial charge in [0.25, 0.3) is 0 Å². The van der Waals surface area contributed by atoms with Gasteiger partial charge in [0.1, 0.15) is 0 Å². The van der Waals surface area contributed by atoms with E-state index in [0.29, 0.717) is 12.8 Å². The lowest BCUT2D eigenvalue weighted by Crippen LogP contribution is -2.45. The van der Waals surface area contributed by atoms with Gasteiger partial charge < -0.3 is 14.9 Å². The molecule has 3 atom stereocenters. The molecule has 0 heterocycles. The normalized spacial score (nSPS) is 27.2. The first-order valence-corrected chi connectivity index (χ1v) is 9.47. The molecular formula is C22H26O5. The number of ether oxygens (including phenoxy) is 1. The van der Waals surface area contributed by atoms with Gasteiger partial charge in [0.2, 0.25) is 0 Å². The minimum Gasteiger partial charge on any atom is -0.501 e. The second-order valence-corrected chi connectivity index (χ2v) is 7.55. The summed E-state index contributed by atoms with van der Waals surface area (Å²) in [5, 5.41) is 19.2. The van der Waals surface area contributed by atoms with Gasteiger partial charge in [0.05, 0.1) is 24.2 Å². The zero-order valence-electron chi connectivity index (χ0n) is 15.6. The molecule has 2 N–H and O–H groups in total. The molecule has 0 aliphatic heterocycles. The molecule has 27 heavy (non-hydrogen) atoms. The molecule has 5 nitrogen and oxygen atoms in total. The van der Waals surface area contributed by atoms with Crippen LogP contribution >= 0.6 is 0 Å². The summed E-state index contributed by atoms with van der Waals surface area (Å²) in [5.74, 6) is -2.72. The second kappa shape index (κ2) is 7.99. The first kappa shape index (κ1) is 19.2. The molecule has 3 rings (SSSR count). The summed E-state index contributed by atoms with van der Waals surface area (Å²) in [6.45, 7) is 2.19. The summed E-state index contributed by atoms with van der Waals surface area (Å²) < 4.78 is 5.68. The summed E-state index contributed by atoms with van der Waals surface area (Å²) in [6, 6.07) is 8.19. The Morgan fingerprint density at radius 1 is 1.26 bits per heavy atom. The highest BCUT2D eigenvalue weighted by molar-refractivity contribution is 5.83. The second-order valence-electron chi connectivity index (χ2n) is 7.55. The van der Waals surface area contributed by atoms with E-state index in [2.05, 4.69) is 24.3 Å². The van der Waals surface area contributed by atoms with E-state index in [1.807, 2.05) is 19.1 Å². The van der Waals surface area contributed by atoms with Crippen molar-refractivity contribution in [2.75, 3.05) is 6.61 Å². The molecule has 144 valence electrons. The third-order valence-electron chi connectivity index (χ3n) is 5.98. The number of fused-ring (bicyclic) bond motifs is 1. The molecule has 2 aliphatic carbocycles. The monoisotopic (exact) mass is 370 g/mol. The van der Waals surface area contributed by atoms with Crippen LogP contribution in [0.5, 0.6) is 0 Å². The lowest BCUT2D eigenvalue weighted by atomic mass is 9.64. The van der Waals surface area contributed by atoms with Crippen LogP contribution in [0.1, 0.15) is 56.1 Å². The van der Waals surface area contributed by atoms with Gasteiger partial charge in [0.15, 0.2) is 0 Å². The van der Waals surface area contributed by atoms with E-state index in [4.69, 9.17) is 4.74 Å². The summed E-state index contributed by atoms with van der Waals surface area (Å²) in [7, 11) is 0. The van der Waals surface area contributed by atoms with Crippen molar-refractivity contribution in [3.63, 3.8) is 0 Å². The van der Waals surface area contributed by atoms with Crippen molar-refractivity contribution in [2.24, 2.45) is 11.3 Å². The van der Waals surface area contributed by atoms with Gasteiger partial charge in [-0.25, -0.2) is 0 Å². The first-order chi connectivity index (χ1) is 13.0. The molecule has 0 aromatic heterocycles. The van der Waals surface area contributed by atoms with Crippen molar-refractivity contribution in [2.45, 2.75) is 44.9 Å². The fourth-order valence-corrected chi connectivity index (χ4v) is 4.41. The molecule has 0 bridgehead atoms. The Morgan fingerprint density at radius 2 is 2.04 bits per heavy atom. The van der Waals surface area contributed by atoms with Gasteiger partial charge in [-0.1, -0.05) is 49.3 Å². The number of benzene rings is 1. The quantitative estimate of drug-likeness (QED) is 0.547. The Morgan fingerprint density at radius 3 is 2.78 bits per heavy atom. The minimum absolute atomic E-state index is 0.163. The molecule has 3 unspecified atom stereocenters. The van der Waals surface area contributed by atoms with Crippen LogP contribution < -0.4 is 0 Å². The first-order valence-electron chi connectivity index (χ1n) is 9.47. The molecule has 1 aromatic carbocycles. The number of allylic oxidation sites excluding steroid dienone is 2. The van der Waals surface area contributed by atoms with Crippen LogP contribution in [0.25, 0.3) is 6.08 Å². The summed E-state index contributed by atoms with van der Waals surface area (Å²) >= 11 is 0. The van der Waals surface area contributed by atoms with E-state index < -0.39 is 23.3 Å². The van der Waals surface area contributed by atoms with Crippen molar-refractivity contribution >= 4 is 18.0 Å². The number of aliphatic carboxylic acids is 2. The van der Waals surface area contributed by atoms with E-state index in [9.17, 15) is 19.8 Å². The van der Waals surface area contributed by atoms with Crippen molar-refractivity contribution in [1.82, 2.24) is 0 Å². The lowest BCUT2D eigenvalue weighted by Gasteiger charge is -2.38. The number of hydrogen-bond donors (Lipinski definition) is 2. The topological polar surface area (TPSA) is 83.8 Å². The lowest BCUT2D eigenvalue weighted by molar-refractivity contribution is -0.167. The van der Waals surface area contributed by atoms with Gasteiger partial charge in [0, 0.05) is 5.92 Å². The Kier molecular flexibility index (Phi) is 5.68. The SMILES string of the molecule is CC(=COCCC1(C(=O)O)CCCCC1C(=O)O)C1C=Cc2ccccc21. The Balaban J connectivity index is 1.64. The number of carbonyl (C=O) groups is 2.